The Morgan fingerprint density at radius 1 is 1.60 bits per heavy atom. The zero-order chi connectivity index (χ0) is 14.1. The molecule has 0 radical (unpaired) electrons. The number of fused-ring (bicyclic) bond motifs is 1. The van der Waals surface area contributed by atoms with Crippen LogP contribution in [-0.4, -0.2) is 40.4 Å². The lowest BCUT2D eigenvalue weighted by Crippen LogP contribution is -2.51. The molecule has 1 aliphatic rings. The van der Waals surface area contributed by atoms with Gasteiger partial charge in [0.2, 0.25) is 11.2 Å². The van der Waals surface area contributed by atoms with E-state index in [1.165, 1.54) is 6.08 Å². The highest BCUT2D eigenvalue weighted by atomic mass is 35.5. The van der Waals surface area contributed by atoms with Gasteiger partial charge in [-0.2, -0.15) is 4.98 Å². The highest BCUT2D eigenvalue weighted by molar-refractivity contribution is 7.17. The van der Waals surface area contributed by atoms with Crippen molar-refractivity contribution in [3.05, 3.63) is 29.4 Å². The van der Waals surface area contributed by atoms with Gasteiger partial charge in [-0.1, -0.05) is 6.58 Å². The van der Waals surface area contributed by atoms with Crippen molar-refractivity contribution < 1.29 is 4.79 Å². The molecule has 5 nitrogen and oxygen atoms in total. The molecule has 1 saturated heterocycles. The van der Waals surface area contributed by atoms with Crippen LogP contribution in [0.15, 0.2) is 24.1 Å². The number of anilines is 1. The third-order valence-electron chi connectivity index (χ3n) is 3.28. The van der Waals surface area contributed by atoms with E-state index in [-0.39, 0.29) is 11.2 Å². The molecule has 20 heavy (non-hydrogen) atoms. The van der Waals surface area contributed by atoms with Crippen LogP contribution in [0.5, 0.6) is 0 Å². The Kier molecular flexibility index (Phi) is 3.58. The summed E-state index contributed by atoms with van der Waals surface area (Å²) in [5.41, 5.74) is 0.856. The summed E-state index contributed by atoms with van der Waals surface area (Å²) in [7, 11) is 0. The van der Waals surface area contributed by atoms with Gasteiger partial charge in [0.15, 0.2) is 0 Å². The quantitative estimate of drug-likeness (QED) is 0.696. The van der Waals surface area contributed by atoms with Crippen LogP contribution in [0.1, 0.15) is 0 Å². The van der Waals surface area contributed by atoms with E-state index in [1.54, 1.807) is 16.2 Å². The number of amides is 1. The highest BCUT2D eigenvalue weighted by Crippen LogP contribution is 2.27. The molecule has 1 amide bonds. The molecule has 0 aliphatic carbocycles. The number of nitrogens with zero attached hydrogens (tertiary/aromatic N) is 3. The largest absolute Gasteiger partial charge is 0.368 e. The molecule has 0 spiro atoms. The number of hydrogen-bond acceptors (Lipinski definition) is 5. The summed E-state index contributed by atoms with van der Waals surface area (Å²) in [6.07, 6.45) is 1.35. The maximum atomic E-state index is 11.3. The minimum absolute atomic E-state index is 0.00743. The van der Waals surface area contributed by atoms with Crippen molar-refractivity contribution in [3.63, 3.8) is 0 Å². The molecule has 0 atom stereocenters. The Hall–Kier alpha value is -1.66. The number of hydrogen-bond donors (Lipinski definition) is 1. The van der Waals surface area contributed by atoms with E-state index in [2.05, 4.69) is 21.9 Å². The molecule has 104 valence electrons. The number of aromatic nitrogens is 2. The first-order valence-corrected chi connectivity index (χ1v) is 7.49. The van der Waals surface area contributed by atoms with E-state index in [0.717, 1.165) is 35.7 Å². The number of likely N-dealkylation sites (tertiary alicyclic amines) is 1. The summed E-state index contributed by atoms with van der Waals surface area (Å²) in [6.45, 7) is 5.76. The van der Waals surface area contributed by atoms with Gasteiger partial charge in [0.05, 0.1) is 10.2 Å². The zero-order valence-corrected chi connectivity index (χ0v) is 12.2. The maximum absolute atomic E-state index is 11.3. The fourth-order valence-corrected chi connectivity index (χ4v) is 3.18. The number of halogens is 1. The summed E-state index contributed by atoms with van der Waals surface area (Å²) in [5, 5.41) is 5.52. The van der Waals surface area contributed by atoms with E-state index in [1.807, 2.05) is 11.4 Å². The molecular formula is C13H13ClN4OS. The molecule has 3 rings (SSSR count). The number of thiophene rings is 1. The average Bonchev–Trinajstić information content (AvgIpc) is 2.84. The van der Waals surface area contributed by atoms with Gasteiger partial charge in [0.25, 0.3) is 0 Å². The SMILES string of the molecule is C=CC(=O)N1CC(CNc2nc(Cl)nc3ccsc23)C1. The molecule has 2 aromatic heterocycles. The molecule has 0 aromatic carbocycles. The predicted octanol–water partition coefficient (Wildman–Crippen LogP) is 2.40. The lowest BCUT2D eigenvalue weighted by molar-refractivity contribution is -0.131. The van der Waals surface area contributed by atoms with Gasteiger partial charge in [-0.15, -0.1) is 11.3 Å². The molecule has 3 heterocycles. The number of nitrogens with one attached hydrogen (secondary N) is 1. The second-order valence-electron chi connectivity index (χ2n) is 4.67. The van der Waals surface area contributed by atoms with Crippen LogP contribution in [0.25, 0.3) is 10.2 Å². The van der Waals surface area contributed by atoms with E-state index in [0.29, 0.717) is 5.92 Å². The third-order valence-corrected chi connectivity index (χ3v) is 4.36. The summed E-state index contributed by atoms with van der Waals surface area (Å²) in [5.74, 6) is 1.19. The Labute approximate surface area is 125 Å². The normalized spacial score (nSPS) is 15.2. The fraction of sp³-hybridized carbons (Fsp3) is 0.308. The molecule has 0 bridgehead atoms. The van der Waals surface area contributed by atoms with Gasteiger partial charge in [-0.25, -0.2) is 4.98 Å². The van der Waals surface area contributed by atoms with Crippen LogP contribution in [0.4, 0.5) is 5.82 Å². The topological polar surface area (TPSA) is 58.1 Å². The Balaban J connectivity index is 1.62. The van der Waals surface area contributed by atoms with E-state index in [4.69, 9.17) is 11.6 Å². The van der Waals surface area contributed by atoms with Crippen molar-refractivity contribution in [1.29, 1.82) is 0 Å². The molecule has 2 aromatic rings. The van der Waals surface area contributed by atoms with Crippen LogP contribution in [0.3, 0.4) is 0 Å². The predicted molar refractivity (Wildman–Crippen MR) is 81.2 cm³/mol. The lowest BCUT2D eigenvalue weighted by atomic mass is 10.00. The van der Waals surface area contributed by atoms with Crippen LogP contribution in [0.2, 0.25) is 5.28 Å². The summed E-state index contributed by atoms with van der Waals surface area (Å²) in [6, 6.07) is 1.92. The second kappa shape index (κ2) is 5.38. The van der Waals surface area contributed by atoms with Crippen LogP contribution >= 0.6 is 22.9 Å². The molecular weight excluding hydrogens is 296 g/mol. The van der Waals surface area contributed by atoms with Crippen molar-refractivity contribution in [2.75, 3.05) is 25.0 Å². The smallest absolute Gasteiger partial charge is 0.245 e. The summed E-state index contributed by atoms with van der Waals surface area (Å²) < 4.78 is 1.01. The first kappa shape index (κ1) is 13.3. The molecule has 0 unspecified atom stereocenters. The number of rotatable bonds is 4. The highest BCUT2D eigenvalue weighted by Gasteiger charge is 2.29. The van der Waals surface area contributed by atoms with Gasteiger partial charge >= 0.3 is 0 Å². The summed E-state index contributed by atoms with van der Waals surface area (Å²) >= 11 is 7.49. The number of carbonyl (C=O) groups excluding carboxylic acids is 1. The van der Waals surface area contributed by atoms with Crippen LogP contribution in [0, 0.1) is 5.92 Å². The first-order valence-electron chi connectivity index (χ1n) is 6.23. The second-order valence-corrected chi connectivity index (χ2v) is 5.92. The van der Waals surface area contributed by atoms with Crippen molar-refractivity contribution in [2.45, 2.75) is 0 Å². The van der Waals surface area contributed by atoms with Crippen molar-refractivity contribution >= 4 is 44.9 Å². The van der Waals surface area contributed by atoms with Gasteiger partial charge in [-0.05, 0) is 29.1 Å². The minimum atomic E-state index is -0.00743. The van der Waals surface area contributed by atoms with Crippen LogP contribution in [-0.2, 0) is 4.79 Å². The summed E-state index contributed by atoms with van der Waals surface area (Å²) in [4.78, 5) is 21.5. The third kappa shape index (κ3) is 2.48. The molecule has 1 N–H and O–H groups in total. The number of carbonyl (C=O) groups is 1. The lowest BCUT2D eigenvalue weighted by Gasteiger charge is -2.38. The van der Waals surface area contributed by atoms with Gasteiger partial charge < -0.3 is 10.2 Å². The fourth-order valence-electron chi connectivity index (χ4n) is 2.20. The van der Waals surface area contributed by atoms with Crippen molar-refractivity contribution in [3.8, 4) is 0 Å². The van der Waals surface area contributed by atoms with Crippen LogP contribution < -0.4 is 5.32 Å². The standard InChI is InChI=1S/C13H13ClN4OS/c1-2-10(19)18-6-8(7-18)5-15-12-11-9(3-4-20-11)16-13(14)17-12/h2-4,8H,1,5-7H2,(H,15,16,17). The van der Waals surface area contributed by atoms with E-state index in [9.17, 15) is 4.79 Å². The average molecular weight is 309 g/mol. The van der Waals surface area contributed by atoms with Gasteiger partial charge in [0, 0.05) is 25.6 Å². The van der Waals surface area contributed by atoms with E-state index >= 15 is 0 Å². The Morgan fingerprint density at radius 2 is 2.40 bits per heavy atom. The Morgan fingerprint density at radius 3 is 3.15 bits per heavy atom. The molecule has 7 heteroatoms. The first-order chi connectivity index (χ1) is 9.67. The zero-order valence-electron chi connectivity index (χ0n) is 10.7. The van der Waals surface area contributed by atoms with Crippen molar-refractivity contribution in [1.82, 2.24) is 14.9 Å². The van der Waals surface area contributed by atoms with E-state index < -0.39 is 0 Å². The monoisotopic (exact) mass is 308 g/mol. The van der Waals surface area contributed by atoms with Crippen molar-refractivity contribution in [2.24, 2.45) is 5.92 Å². The molecule has 1 aliphatic heterocycles. The molecule has 1 fully saturated rings. The molecule has 0 saturated carbocycles. The minimum Gasteiger partial charge on any atom is -0.368 e. The van der Waals surface area contributed by atoms with Gasteiger partial charge in [0.1, 0.15) is 5.82 Å². The Bertz CT molecular complexity index is 665. The van der Waals surface area contributed by atoms with Gasteiger partial charge in [-0.3, -0.25) is 4.79 Å². The maximum Gasteiger partial charge on any atom is 0.245 e.